The molecular formula is C24H34N2O3. The molecule has 0 unspecified atom stereocenters. The summed E-state index contributed by atoms with van der Waals surface area (Å²) in [7, 11) is 0. The molecule has 0 N–H and O–H groups in total. The van der Waals surface area contributed by atoms with E-state index in [1.165, 1.54) is 11.1 Å². The number of rotatable bonds is 3. The molecule has 3 aliphatic rings. The Kier molecular flexibility index (Phi) is 5.84. The fourth-order valence-corrected chi connectivity index (χ4v) is 5.26. The van der Waals surface area contributed by atoms with Gasteiger partial charge in [0.25, 0.3) is 0 Å². The summed E-state index contributed by atoms with van der Waals surface area (Å²) < 4.78 is 5.70. The van der Waals surface area contributed by atoms with Crippen molar-refractivity contribution >= 4 is 12.0 Å². The molecule has 1 saturated heterocycles. The topological polar surface area (TPSA) is 49.9 Å². The van der Waals surface area contributed by atoms with Crippen LogP contribution in [0.15, 0.2) is 24.3 Å². The number of hydrogen-bond donors (Lipinski definition) is 0. The number of nitrogens with zero attached hydrogens (tertiary/aromatic N) is 2. The highest BCUT2D eigenvalue weighted by molar-refractivity contribution is 5.84. The molecule has 0 aromatic heterocycles. The molecule has 0 bridgehead atoms. The van der Waals surface area contributed by atoms with E-state index in [1.54, 1.807) is 0 Å². The Bertz CT molecular complexity index is 746. The maximum atomic E-state index is 13.7. The van der Waals surface area contributed by atoms with Gasteiger partial charge in [-0.3, -0.25) is 4.79 Å². The number of benzene rings is 1. The van der Waals surface area contributed by atoms with Crippen LogP contribution in [0.1, 0.15) is 63.5 Å². The van der Waals surface area contributed by atoms with Crippen LogP contribution in [0, 0.1) is 11.3 Å². The van der Waals surface area contributed by atoms with Crippen LogP contribution < -0.4 is 0 Å². The highest BCUT2D eigenvalue weighted by atomic mass is 16.6. The van der Waals surface area contributed by atoms with Crippen LogP contribution in [-0.2, 0) is 22.5 Å². The molecule has 2 aliphatic heterocycles. The summed E-state index contributed by atoms with van der Waals surface area (Å²) in [4.78, 5) is 30.1. The van der Waals surface area contributed by atoms with E-state index in [0.29, 0.717) is 38.4 Å². The number of ether oxygens (including phenoxy) is 1. The Hall–Kier alpha value is -2.04. The zero-order chi connectivity index (χ0) is 20.4. The predicted molar refractivity (Wildman–Crippen MR) is 112 cm³/mol. The molecule has 2 amide bonds. The van der Waals surface area contributed by atoms with Crippen LogP contribution in [0.3, 0.4) is 0 Å². The lowest BCUT2D eigenvalue weighted by atomic mass is 9.73. The minimum Gasteiger partial charge on any atom is -0.446 e. The standard InChI is InChI=1S/C24H34N2O3/c1-18(2)16-26-17-20-8-4-3-7-19(20)15-24(22(26)27)11-13-25(14-12-24)23(28)29-21-9-5-6-10-21/h3-4,7-8,18,21H,5-6,9-17H2,1-2H3. The van der Waals surface area contributed by atoms with Gasteiger partial charge in [0.2, 0.25) is 5.91 Å². The van der Waals surface area contributed by atoms with Crippen molar-refractivity contribution in [3.8, 4) is 0 Å². The van der Waals surface area contributed by atoms with Gasteiger partial charge in [-0.2, -0.15) is 0 Å². The molecule has 2 fully saturated rings. The van der Waals surface area contributed by atoms with Gasteiger partial charge in [0, 0.05) is 26.2 Å². The maximum absolute atomic E-state index is 13.7. The molecular weight excluding hydrogens is 364 g/mol. The van der Waals surface area contributed by atoms with Gasteiger partial charge >= 0.3 is 6.09 Å². The van der Waals surface area contributed by atoms with Gasteiger partial charge in [-0.15, -0.1) is 0 Å². The summed E-state index contributed by atoms with van der Waals surface area (Å²) in [6.07, 6.45) is 6.40. The number of fused-ring (bicyclic) bond motifs is 1. The second kappa shape index (κ2) is 8.37. The van der Waals surface area contributed by atoms with E-state index in [9.17, 15) is 9.59 Å². The third kappa shape index (κ3) is 4.29. The molecule has 4 rings (SSSR count). The minimum atomic E-state index is -0.397. The summed E-state index contributed by atoms with van der Waals surface area (Å²) >= 11 is 0. The van der Waals surface area contributed by atoms with Crippen LogP contribution in [0.5, 0.6) is 0 Å². The molecule has 1 aromatic rings. The molecule has 1 aromatic carbocycles. The molecule has 1 saturated carbocycles. The van der Waals surface area contributed by atoms with Crippen molar-refractivity contribution in [3.63, 3.8) is 0 Å². The first-order valence-corrected chi connectivity index (χ1v) is 11.3. The van der Waals surface area contributed by atoms with Gasteiger partial charge in [0.05, 0.1) is 5.41 Å². The fraction of sp³-hybridized carbons (Fsp3) is 0.667. The normalized spacial score (nSPS) is 22.1. The van der Waals surface area contributed by atoms with Crippen LogP contribution in [0.4, 0.5) is 4.79 Å². The van der Waals surface area contributed by atoms with Crippen LogP contribution in [0.25, 0.3) is 0 Å². The number of carbonyl (C=O) groups is 2. The van der Waals surface area contributed by atoms with Crippen molar-refractivity contribution < 1.29 is 14.3 Å². The van der Waals surface area contributed by atoms with Crippen molar-refractivity contribution in [2.45, 2.75) is 71.4 Å². The summed E-state index contributed by atoms with van der Waals surface area (Å²) in [5.74, 6) is 0.703. The molecule has 1 aliphatic carbocycles. The van der Waals surface area contributed by atoms with Gasteiger partial charge in [-0.05, 0) is 62.0 Å². The first-order chi connectivity index (χ1) is 14.0. The van der Waals surface area contributed by atoms with Crippen LogP contribution in [-0.4, -0.2) is 47.5 Å². The predicted octanol–water partition coefficient (Wildman–Crippen LogP) is 4.39. The van der Waals surface area contributed by atoms with Crippen molar-refractivity contribution in [2.24, 2.45) is 11.3 Å². The minimum absolute atomic E-state index is 0.0892. The van der Waals surface area contributed by atoms with E-state index in [4.69, 9.17) is 4.74 Å². The molecule has 158 valence electrons. The van der Waals surface area contributed by atoms with E-state index >= 15 is 0 Å². The highest BCUT2D eigenvalue weighted by Crippen LogP contribution is 2.41. The lowest BCUT2D eigenvalue weighted by Gasteiger charge is -2.42. The molecule has 2 heterocycles. The summed E-state index contributed by atoms with van der Waals surface area (Å²) in [5, 5.41) is 0. The molecule has 0 radical (unpaired) electrons. The third-order valence-electron chi connectivity index (χ3n) is 6.88. The molecule has 1 spiro atoms. The van der Waals surface area contributed by atoms with Gasteiger partial charge in [-0.25, -0.2) is 4.79 Å². The average molecular weight is 399 g/mol. The molecule has 5 heteroatoms. The number of hydrogen-bond acceptors (Lipinski definition) is 3. The maximum Gasteiger partial charge on any atom is 0.410 e. The Morgan fingerprint density at radius 2 is 1.79 bits per heavy atom. The zero-order valence-electron chi connectivity index (χ0n) is 17.9. The van der Waals surface area contributed by atoms with Crippen molar-refractivity contribution in [2.75, 3.05) is 19.6 Å². The fourth-order valence-electron chi connectivity index (χ4n) is 5.26. The summed E-state index contributed by atoms with van der Waals surface area (Å²) in [5.41, 5.74) is 2.15. The van der Waals surface area contributed by atoms with E-state index in [-0.39, 0.29) is 18.1 Å². The second-order valence-corrected chi connectivity index (χ2v) is 9.58. The number of piperidine rings is 1. The smallest absolute Gasteiger partial charge is 0.410 e. The molecule has 29 heavy (non-hydrogen) atoms. The van der Waals surface area contributed by atoms with Gasteiger partial charge in [-0.1, -0.05) is 38.1 Å². The van der Waals surface area contributed by atoms with Gasteiger partial charge in [0.15, 0.2) is 0 Å². The van der Waals surface area contributed by atoms with E-state index in [1.807, 2.05) is 4.90 Å². The first-order valence-electron chi connectivity index (χ1n) is 11.3. The van der Waals surface area contributed by atoms with E-state index in [0.717, 1.165) is 38.6 Å². The van der Waals surface area contributed by atoms with E-state index in [2.05, 4.69) is 43.0 Å². The zero-order valence-corrected chi connectivity index (χ0v) is 17.9. The summed E-state index contributed by atoms with van der Waals surface area (Å²) in [6, 6.07) is 8.47. The average Bonchev–Trinajstić information content (AvgIpc) is 3.18. The Morgan fingerprint density at radius 3 is 2.45 bits per heavy atom. The third-order valence-corrected chi connectivity index (χ3v) is 6.88. The number of likely N-dealkylation sites (tertiary alicyclic amines) is 1. The monoisotopic (exact) mass is 398 g/mol. The SMILES string of the molecule is CC(C)CN1Cc2ccccc2CC2(CCN(C(=O)OC3CCCC3)CC2)C1=O. The van der Waals surface area contributed by atoms with Crippen molar-refractivity contribution in [3.05, 3.63) is 35.4 Å². The lowest BCUT2D eigenvalue weighted by Crippen LogP contribution is -2.52. The molecule has 0 atom stereocenters. The Morgan fingerprint density at radius 1 is 1.14 bits per heavy atom. The summed E-state index contributed by atoms with van der Waals surface area (Å²) in [6.45, 7) is 7.02. The van der Waals surface area contributed by atoms with Crippen molar-refractivity contribution in [1.29, 1.82) is 0 Å². The van der Waals surface area contributed by atoms with Gasteiger partial charge < -0.3 is 14.5 Å². The second-order valence-electron chi connectivity index (χ2n) is 9.58. The Balaban J connectivity index is 1.50. The van der Waals surface area contributed by atoms with Crippen LogP contribution in [0.2, 0.25) is 0 Å². The quantitative estimate of drug-likeness (QED) is 0.759. The number of amides is 2. The van der Waals surface area contributed by atoms with Crippen LogP contribution >= 0.6 is 0 Å². The van der Waals surface area contributed by atoms with Crippen molar-refractivity contribution in [1.82, 2.24) is 9.80 Å². The highest BCUT2D eigenvalue weighted by Gasteiger charge is 2.46. The van der Waals surface area contributed by atoms with Gasteiger partial charge in [0.1, 0.15) is 6.10 Å². The first kappa shape index (κ1) is 20.2. The lowest BCUT2D eigenvalue weighted by molar-refractivity contribution is -0.145. The Labute approximate surface area is 174 Å². The van der Waals surface area contributed by atoms with E-state index < -0.39 is 5.41 Å². The number of carbonyl (C=O) groups excluding carboxylic acids is 2. The largest absolute Gasteiger partial charge is 0.446 e. The molecule has 5 nitrogen and oxygen atoms in total.